The SMILES string of the molecule is CC[S+]([O-])c1c(-c2nc3cc(C(F)(F)F)ccc3n2C)nc2n1CCCC2. The molecule has 3 heterocycles. The van der Waals surface area contributed by atoms with Crippen LogP contribution in [0.25, 0.3) is 22.6 Å². The van der Waals surface area contributed by atoms with Gasteiger partial charge < -0.3 is 9.12 Å². The van der Waals surface area contributed by atoms with Crippen LogP contribution in [0.5, 0.6) is 0 Å². The Balaban J connectivity index is 1.92. The van der Waals surface area contributed by atoms with E-state index in [4.69, 9.17) is 0 Å². The molecule has 1 unspecified atom stereocenters. The Morgan fingerprint density at radius 3 is 2.70 bits per heavy atom. The predicted molar refractivity (Wildman–Crippen MR) is 96.8 cm³/mol. The standard InChI is InChI=1S/C18H19F3N4OS/c1-3-27(26)17-15(23-14-6-4-5-9-25(14)17)16-22-12-10-11(18(19,20)21)7-8-13(12)24(16)2/h7-8,10H,3-6,9H2,1-2H3. The maximum absolute atomic E-state index is 13.0. The molecule has 0 radical (unpaired) electrons. The quantitative estimate of drug-likeness (QED) is 0.631. The minimum absolute atomic E-state index is 0.251. The molecule has 1 aliphatic rings. The van der Waals surface area contributed by atoms with Crippen LogP contribution in [0.15, 0.2) is 23.2 Å². The van der Waals surface area contributed by atoms with Crippen LogP contribution in [0.4, 0.5) is 13.2 Å². The number of imidazole rings is 2. The number of rotatable bonds is 3. The topological polar surface area (TPSA) is 58.7 Å². The van der Waals surface area contributed by atoms with E-state index >= 15 is 0 Å². The Hall–Kier alpha value is -2.00. The molecule has 4 rings (SSSR count). The van der Waals surface area contributed by atoms with Crippen LogP contribution < -0.4 is 0 Å². The van der Waals surface area contributed by atoms with Gasteiger partial charge in [-0.3, -0.25) is 4.57 Å². The van der Waals surface area contributed by atoms with E-state index in [9.17, 15) is 17.7 Å². The molecule has 0 spiro atoms. The fourth-order valence-corrected chi connectivity index (χ4v) is 4.63. The first-order valence-corrected chi connectivity index (χ1v) is 10.1. The van der Waals surface area contributed by atoms with Crippen LogP contribution in [0.3, 0.4) is 0 Å². The van der Waals surface area contributed by atoms with Crippen molar-refractivity contribution in [2.75, 3.05) is 5.75 Å². The number of fused-ring (bicyclic) bond motifs is 2. The molecular formula is C18H19F3N4OS. The number of nitrogens with zero attached hydrogens (tertiary/aromatic N) is 4. The van der Waals surface area contributed by atoms with E-state index < -0.39 is 22.9 Å². The van der Waals surface area contributed by atoms with Gasteiger partial charge in [0.2, 0.25) is 0 Å². The molecule has 144 valence electrons. The van der Waals surface area contributed by atoms with E-state index in [1.54, 1.807) is 11.6 Å². The molecule has 0 saturated carbocycles. The minimum atomic E-state index is -4.42. The van der Waals surface area contributed by atoms with Crippen molar-refractivity contribution >= 4 is 22.2 Å². The number of halogens is 3. The average Bonchev–Trinajstić information content (AvgIpc) is 3.18. The number of hydrogen-bond donors (Lipinski definition) is 0. The zero-order valence-electron chi connectivity index (χ0n) is 15.0. The summed E-state index contributed by atoms with van der Waals surface area (Å²) in [4.78, 5) is 9.11. The largest absolute Gasteiger partial charge is 0.610 e. The number of hydrogen-bond acceptors (Lipinski definition) is 3. The third-order valence-electron chi connectivity index (χ3n) is 4.93. The lowest BCUT2D eigenvalue weighted by Gasteiger charge is -2.17. The average molecular weight is 396 g/mol. The van der Waals surface area contributed by atoms with E-state index in [1.807, 2.05) is 11.5 Å². The molecule has 0 N–H and O–H groups in total. The number of benzene rings is 1. The van der Waals surface area contributed by atoms with Gasteiger partial charge in [-0.05, 0) is 38.0 Å². The van der Waals surface area contributed by atoms with Crippen molar-refractivity contribution in [3.05, 3.63) is 29.6 Å². The smallest absolute Gasteiger partial charge is 0.416 e. The highest BCUT2D eigenvalue weighted by molar-refractivity contribution is 7.91. The first kappa shape index (κ1) is 18.4. The van der Waals surface area contributed by atoms with Gasteiger partial charge in [-0.2, -0.15) is 13.2 Å². The second-order valence-electron chi connectivity index (χ2n) is 6.62. The monoisotopic (exact) mass is 396 g/mol. The summed E-state index contributed by atoms with van der Waals surface area (Å²) in [5, 5.41) is 0.627. The molecule has 9 heteroatoms. The summed E-state index contributed by atoms with van der Waals surface area (Å²) in [6, 6.07) is 3.52. The van der Waals surface area contributed by atoms with Crippen molar-refractivity contribution in [3.63, 3.8) is 0 Å². The molecule has 3 aromatic rings. The van der Waals surface area contributed by atoms with Gasteiger partial charge in [0.15, 0.2) is 11.5 Å². The summed E-state index contributed by atoms with van der Waals surface area (Å²) in [5.41, 5.74) is 0.610. The van der Waals surface area contributed by atoms with E-state index in [0.29, 0.717) is 27.8 Å². The summed E-state index contributed by atoms with van der Waals surface area (Å²) in [7, 11) is 1.74. The fourth-order valence-electron chi connectivity index (χ4n) is 3.56. The van der Waals surface area contributed by atoms with Gasteiger partial charge in [-0.25, -0.2) is 9.97 Å². The Morgan fingerprint density at radius 2 is 2.00 bits per heavy atom. The maximum atomic E-state index is 13.0. The number of alkyl halides is 3. The van der Waals surface area contributed by atoms with Gasteiger partial charge >= 0.3 is 6.18 Å². The van der Waals surface area contributed by atoms with E-state index in [0.717, 1.165) is 43.8 Å². The van der Waals surface area contributed by atoms with Crippen molar-refractivity contribution in [3.8, 4) is 11.5 Å². The van der Waals surface area contributed by atoms with Crippen LogP contribution >= 0.6 is 0 Å². The second kappa shape index (κ2) is 6.56. The molecule has 27 heavy (non-hydrogen) atoms. The molecule has 0 fully saturated rings. The zero-order valence-corrected chi connectivity index (χ0v) is 15.8. The number of aryl methyl sites for hydroxylation is 2. The van der Waals surface area contributed by atoms with Crippen LogP contribution in [0, 0.1) is 0 Å². The Labute approximate surface area is 157 Å². The van der Waals surface area contributed by atoms with Crippen molar-refractivity contribution in [2.45, 2.75) is 43.9 Å². The molecule has 0 aliphatic carbocycles. The van der Waals surface area contributed by atoms with Crippen LogP contribution in [-0.4, -0.2) is 29.4 Å². The van der Waals surface area contributed by atoms with Gasteiger partial charge in [-0.15, -0.1) is 0 Å². The highest BCUT2D eigenvalue weighted by atomic mass is 32.2. The minimum Gasteiger partial charge on any atom is -0.610 e. The third kappa shape index (κ3) is 3.02. The molecule has 0 amide bonds. The lowest BCUT2D eigenvalue weighted by molar-refractivity contribution is -0.137. The van der Waals surface area contributed by atoms with E-state index in [-0.39, 0.29) is 5.52 Å². The normalized spacial score (nSPS) is 15.9. The Bertz CT molecular complexity index is 1010. The summed E-state index contributed by atoms with van der Waals surface area (Å²) in [5.74, 6) is 1.76. The van der Waals surface area contributed by atoms with E-state index in [1.165, 1.54) is 6.07 Å². The van der Waals surface area contributed by atoms with Gasteiger partial charge in [0.1, 0.15) is 11.6 Å². The molecular weight excluding hydrogens is 377 g/mol. The molecule has 0 saturated heterocycles. The summed E-state index contributed by atoms with van der Waals surface area (Å²) in [6.45, 7) is 2.60. The highest BCUT2D eigenvalue weighted by Gasteiger charge is 2.33. The summed E-state index contributed by atoms with van der Waals surface area (Å²) < 4.78 is 55.5. The molecule has 5 nitrogen and oxygen atoms in total. The third-order valence-corrected chi connectivity index (χ3v) is 6.30. The second-order valence-corrected chi connectivity index (χ2v) is 8.28. The maximum Gasteiger partial charge on any atom is 0.416 e. The van der Waals surface area contributed by atoms with Crippen molar-refractivity contribution < 1.29 is 17.7 Å². The lowest BCUT2D eigenvalue weighted by atomic mass is 10.2. The highest BCUT2D eigenvalue weighted by Crippen LogP contribution is 2.35. The van der Waals surface area contributed by atoms with Crippen molar-refractivity contribution in [1.29, 1.82) is 0 Å². The van der Waals surface area contributed by atoms with Crippen LogP contribution in [0.1, 0.15) is 31.2 Å². The van der Waals surface area contributed by atoms with Gasteiger partial charge in [0, 0.05) is 31.2 Å². The summed E-state index contributed by atoms with van der Waals surface area (Å²) >= 11 is -1.24. The zero-order chi connectivity index (χ0) is 19.3. The lowest BCUT2D eigenvalue weighted by Crippen LogP contribution is -2.17. The Kier molecular flexibility index (Phi) is 4.46. The first-order valence-electron chi connectivity index (χ1n) is 8.83. The summed E-state index contributed by atoms with van der Waals surface area (Å²) in [6.07, 6.45) is -1.61. The van der Waals surface area contributed by atoms with Gasteiger partial charge in [-0.1, -0.05) is 0 Å². The molecule has 0 bridgehead atoms. The number of aromatic nitrogens is 4. The first-order chi connectivity index (χ1) is 12.8. The van der Waals surface area contributed by atoms with Crippen molar-refractivity contribution in [1.82, 2.24) is 19.1 Å². The van der Waals surface area contributed by atoms with Gasteiger partial charge in [0.25, 0.3) is 5.03 Å². The molecule has 2 aromatic heterocycles. The van der Waals surface area contributed by atoms with Crippen LogP contribution in [-0.2, 0) is 37.4 Å². The van der Waals surface area contributed by atoms with E-state index in [2.05, 4.69) is 9.97 Å². The Morgan fingerprint density at radius 1 is 1.22 bits per heavy atom. The molecule has 1 aromatic carbocycles. The predicted octanol–water partition coefficient (Wildman–Crippen LogP) is 3.92. The van der Waals surface area contributed by atoms with Crippen molar-refractivity contribution in [2.24, 2.45) is 7.05 Å². The molecule has 1 atom stereocenters. The van der Waals surface area contributed by atoms with Crippen LogP contribution in [0.2, 0.25) is 0 Å². The molecule has 1 aliphatic heterocycles. The fraction of sp³-hybridized carbons (Fsp3) is 0.444. The van der Waals surface area contributed by atoms with Gasteiger partial charge in [0.05, 0.1) is 16.6 Å².